The van der Waals surface area contributed by atoms with Crippen molar-refractivity contribution in [3.63, 3.8) is 0 Å². The van der Waals surface area contributed by atoms with E-state index in [0.29, 0.717) is 23.7 Å². The zero-order valence-corrected chi connectivity index (χ0v) is 10.4. The lowest BCUT2D eigenvalue weighted by Crippen LogP contribution is -2.01. The van der Waals surface area contributed by atoms with Crippen molar-refractivity contribution < 1.29 is 14.3 Å². The summed E-state index contributed by atoms with van der Waals surface area (Å²) in [5.41, 5.74) is 1.45. The van der Waals surface area contributed by atoms with Crippen molar-refractivity contribution in [3.8, 4) is 11.5 Å². The summed E-state index contributed by atoms with van der Waals surface area (Å²) >= 11 is 0. The number of hydrogen-bond acceptors (Lipinski definition) is 3. The highest BCUT2D eigenvalue weighted by Gasteiger charge is 2.05. The van der Waals surface area contributed by atoms with Crippen LogP contribution in [0.15, 0.2) is 55.2 Å². The quantitative estimate of drug-likeness (QED) is 0.546. The average molecular weight is 244 g/mol. The van der Waals surface area contributed by atoms with Crippen LogP contribution in [0.3, 0.4) is 0 Å². The Bertz CT molecular complexity index is 473. The Kier molecular flexibility index (Phi) is 5.45. The van der Waals surface area contributed by atoms with Crippen LogP contribution >= 0.6 is 0 Å². The molecule has 1 rings (SSSR count). The molecule has 0 heterocycles. The maximum atomic E-state index is 10.7. The van der Waals surface area contributed by atoms with Gasteiger partial charge in [0.15, 0.2) is 11.5 Å². The average Bonchev–Trinajstić information content (AvgIpc) is 2.43. The molecular formula is C15H16O3. The first-order valence-corrected chi connectivity index (χ1v) is 5.45. The van der Waals surface area contributed by atoms with Gasteiger partial charge in [0.05, 0.1) is 7.11 Å². The van der Waals surface area contributed by atoms with E-state index in [9.17, 15) is 4.79 Å². The van der Waals surface area contributed by atoms with Crippen LogP contribution in [-0.2, 0) is 0 Å². The summed E-state index contributed by atoms with van der Waals surface area (Å²) in [5, 5.41) is 0. The van der Waals surface area contributed by atoms with Gasteiger partial charge in [0.1, 0.15) is 12.9 Å². The highest BCUT2D eigenvalue weighted by molar-refractivity contribution is 5.76. The first-order chi connectivity index (χ1) is 8.74. The van der Waals surface area contributed by atoms with E-state index < -0.39 is 0 Å². The number of ether oxygens (including phenoxy) is 2. The Morgan fingerprint density at radius 3 is 2.67 bits per heavy atom. The molecule has 18 heavy (non-hydrogen) atoms. The molecule has 3 nitrogen and oxygen atoms in total. The smallest absolute Gasteiger partial charge is 0.161 e. The zero-order chi connectivity index (χ0) is 13.4. The molecular weight excluding hydrogens is 228 g/mol. The largest absolute Gasteiger partial charge is 0.493 e. The molecule has 0 saturated heterocycles. The second-order valence-corrected chi connectivity index (χ2v) is 3.50. The Morgan fingerprint density at radius 1 is 1.33 bits per heavy atom. The fraction of sp³-hybridized carbons (Fsp3) is 0.133. The topological polar surface area (TPSA) is 35.5 Å². The molecule has 0 fully saturated rings. The van der Waals surface area contributed by atoms with Gasteiger partial charge < -0.3 is 9.47 Å². The molecule has 1 aromatic rings. The van der Waals surface area contributed by atoms with Gasteiger partial charge in [0.2, 0.25) is 0 Å². The standard InChI is InChI=1S/C15H16O3/c1-4-6-12(5-2)11-18-14-8-7-13(10-16)9-15(14)17-3/h4-10H,1-2,11H2,3H3/b12-6+. The Balaban J connectivity index is 2.84. The minimum absolute atomic E-state index is 0.367. The minimum Gasteiger partial charge on any atom is -0.493 e. The number of benzene rings is 1. The number of allylic oxidation sites excluding steroid dienone is 2. The lowest BCUT2D eigenvalue weighted by Gasteiger charge is -2.11. The molecule has 0 aliphatic rings. The molecule has 0 aliphatic carbocycles. The summed E-state index contributed by atoms with van der Waals surface area (Å²) in [4.78, 5) is 10.7. The van der Waals surface area contributed by atoms with Crippen molar-refractivity contribution in [2.24, 2.45) is 0 Å². The van der Waals surface area contributed by atoms with Crippen LogP contribution < -0.4 is 9.47 Å². The van der Waals surface area contributed by atoms with Gasteiger partial charge in [-0.3, -0.25) is 4.79 Å². The predicted octanol–water partition coefficient (Wildman–Crippen LogP) is 3.18. The van der Waals surface area contributed by atoms with Crippen LogP contribution in [0.25, 0.3) is 0 Å². The molecule has 0 amide bonds. The molecule has 1 aromatic carbocycles. The Morgan fingerprint density at radius 2 is 2.11 bits per heavy atom. The minimum atomic E-state index is 0.367. The number of methoxy groups -OCH3 is 1. The van der Waals surface area contributed by atoms with Crippen LogP contribution in [0.4, 0.5) is 0 Å². The van der Waals surface area contributed by atoms with Gasteiger partial charge in [-0.1, -0.05) is 31.4 Å². The molecule has 3 heteroatoms. The van der Waals surface area contributed by atoms with Crippen LogP contribution in [0.1, 0.15) is 10.4 Å². The highest BCUT2D eigenvalue weighted by Crippen LogP contribution is 2.27. The van der Waals surface area contributed by atoms with E-state index >= 15 is 0 Å². The summed E-state index contributed by atoms with van der Waals surface area (Å²) in [7, 11) is 1.53. The third-order valence-corrected chi connectivity index (χ3v) is 2.31. The van der Waals surface area contributed by atoms with Crippen molar-refractivity contribution in [2.45, 2.75) is 0 Å². The molecule has 0 radical (unpaired) electrons. The number of aldehydes is 1. The van der Waals surface area contributed by atoms with Crippen LogP contribution in [-0.4, -0.2) is 20.0 Å². The molecule has 0 unspecified atom stereocenters. The van der Waals surface area contributed by atoms with Gasteiger partial charge in [0.25, 0.3) is 0 Å². The van der Waals surface area contributed by atoms with Crippen molar-refractivity contribution in [1.82, 2.24) is 0 Å². The van der Waals surface area contributed by atoms with Crippen molar-refractivity contribution >= 4 is 6.29 Å². The fourth-order valence-electron chi connectivity index (χ4n) is 1.36. The number of carbonyl (C=O) groups excluding carboxylic acids is 1. The lowest BCUT2D eigenvalue weighted by atomic mass is 10.2. The molecule has 94 valence electrons. The van der Waals surface area contributed by atoms with Gasteiger partial charge in [-0.25, -0.2) is 0 Å². The van der Waals surface area contributed by atoms with Crippen molar-refractivity contribution in [1.29, 1.82) is 0 Å². The van der Waals surface area contributed by atoms with E-state index in [1.165, 1.54) is 7.11 Å². The first-order valence-electron chi connectivity index (χ1n) is 5.45. The maximum absolute atomic E-state index is 10.7. The molecule has 0 saturated carbocycles. The van der Waals surface area contributed by atoms with E-state index in [2.05, 4.69) is 13.2 Å². The van der Waals surface area contributed by atoms with Crippen LogP contribution in [0, 0.1) is 0 Å². The Hall–Kier alpha value is -2.29. The Labute approximate surface area is 107 Å². The van der Waals surface area contributed by atoms with Crippen molar-refractivity contribution in [3.05, 3.63) is 60.7 Å². The molecule has 0 N–H and O–H groups in total. The SMILES string of the molecule is C=C/C=C(\C=C)COc1ccc(C=O)cc1OC. The summed E-state index contributed by atoms with van der Waals surface area (Å²) in [6.07, 6.45) is 5.96. The van der Waals surface area contributed by atoms with E-state index in [1.807, 2.05) is 6.08 Å². The van der Waals surface area contributed by atoms with E-state index in [1.54, 1.807) is 30.4 Å². The molecule has 0 atom stereocenters. The summed E-state index contributed by atoms with van der Waals surface area (Å²) in [6.45, 7) is 7.67. The van der Waals surface area contributed by atoms with E-state index in [4.69, 9.17) is 9.47 Å². The van der Waals surface area contributed by atoms with E-state index in [-0.39, 0.29) is 0 Å². The molecule has 0 spiro atoms. The summed E-state index contributed by atoms with van der Waals surface area (Å²) in [6, 6.07) is 5.01. The predicted molar refractivity (Wildman–Crippen MR) is 72.4 cm³/mol. The normalized spacial score (nSPS) is 10.6. The van der Waals surface area contributed by atoms with Crippen molar-refractivity contribution in [2.75, 3.05) is 13.7 Å². The second kappa shape index (κ2) is 7.12. The van der Waals surface area contributed by atoms with Gasteiger partial charge in [-0.2, -0.15) is 0 Å². The maximum Gasteiger partial charge on any atom is 0.161 e. The molecule has 0 aliphatic heterocycles. The fourth-order valence-corrected chi connectivity index (χ4v) is 1.36. The van der Waals surface area contributed by atoms with Gasteiger partial charge in [-0.15, -0.1) is 0 Å². The second-order valence-electron chi connectivity index (χ2n) is 3.50. The number of rotatable bonds is 7. The first kappa shape index (κ1) is 13.8. The zero-order valence-electron chi connectivity index (χ0n) is 10.4. The summed E-state index contributed by atoms with van der Waals surface area (Å²) in [5.74, 6) is 1.11. The summed E-state index contributed by atoms with van der Waals surface area (Å²) < 4.78 is 10.8. The molecule has 0 aromatic heterocycles. The third kappa shape index (κ3) is 3.63. The number of carbonyl (C=O) groups is 1. The van der Waals surface area contributed by atoms with Gasteiger partial charge in [0, 0.05) is 5.56 Å². The van der Waals surface area contributed by atoms with E-state index in [0.717, 1.165) is 11.9 Å². The monoisotopic (exact) mass is 244 g/mol. The third-order valence-electron chi connectivity index (χ3n) is 2.31. The molecule has 0 bridgehead atoms. The van der Waals surface area contributed by atoms with Gasteiger partial charge >= 0.3 is 0 Å². The van der Waals surface area contributed by atoms with Crippen LogP contribution in [0.2, 0.25) is 0 Å². The number of hydrogen-bond donors (Lipinski definition) is 0. The lowest BCUT2D eigenvalue weighted by molar-refractivity contribution is 0.112. The highest BCUT2D eigenvalue weighted by atomic mass is 16.5. The van der Waals surface area contributed by atoms with Crippen LogP contribution in [0.5, 0.6) is 11.5 Å². The van der Waals surface area contributed by atoms with Gasteiger partial charge in [-0.05, 0) is 23.8 Å².